The van der Waals surface area contributed by atoms with E-state index in [0.29, 0.717) is 25.6 Å². The number of carbonyl (C=O) groups excluding carboxylic acids is 2. The van der Waals surface area contributed by atoms with Gasteiger partial charge in [-0.1, -0.05) is 56.4 Å². The molecule has 1 aromatic rings. The molecule has 1 saturated heterocycles. The van der Waals surface area contributed by atoms with Crippen LogP contribution in [-0.2, 0) is 22.7 Å². The number of hydrogen-bond donors (Lipinski definition) is 2. The smallest absolute Gasteiger partial charge is 0.254 e. The van der Waals surface area contributed by atoms with Crippen LogP contribution in [0.3, 0.4) is 0 Å². The highest BCUT2D eigenvalue weighted by molar-refractivity contribution is 6.04. The number of aliphatic imine (C=N–C) groups is 1. The zero-order valence-electron chi connectivity index (χ0n) is 16.9. The van der Waals surface area contributed by atoms with Gasteiger partial charge in [-0.25, -0.2) is 4.99 Å². The van der Waals surface area contributed by atoms with Gasteiger partial charge in [0.25, 0.3) is 5.91 Å². The number of guanidine groups is 1. The minimum absolute atomic E-state index is 0.00000593. The summed E-state index contributed by atoms with van der Waals surface area (Å²) >= 11 is 0. The fourth-order valence-corrected chi connectivity index (χ4v) is 4.62. The second-order valence-electron chi connectivity index (χ2n) is 8.65. The fourth-order valence-electron chi connectivity index (χ4n) is 4.62. The maximum absolute atomic E-state index is 12.8. The van der Waals surface area contributed by atoms with Crippen molar-refractivity contribution < 1.29 is 9.59 Å². The first-order valence-electron chi connectivity index (χ1n) is 10.8. The number of rotatable bonds is 7. The molecule has 1 saturated carbocycles. The van der Waals surface area contributed by atoms with Crippen LogP contribution < -0.4 is 11.5 Å². The van der Waals surface area contributed by atoms with Gasteiger partial charge in [0.05, 0.1) is 6.54 Å². The summed E-state index contributed by atoms with van der Waals surface area (Å²) in [6.45, 7) is 1.61. The van der Waals surface area contributed by atoms with E-state index < -0.39 is 0 Å². The van der Waals surface area contributed by atoms with E-state index in [9.17, 15) is 9.59 Å². The lowest BCUT2D eigenvalue weighted by Crippen LogP contribution is -2.60. The molecule has 0 aromatic heterocycles. The van der Waals surface area contributed by atoms with Gasteiger partial charge in [0.2, 0.25) is 5.91 Å². The Morgan fingerprint density at radius 2 is 1.59 bits per heavy atom. The molecule has 0 spiro atoms. The van der Waals surface area contributed by atoms with Gasteiger partial charge in [-0.3, -0.25) is 14.5 Å². The Morgan fingerprint density at radius 1 is 0.931 bits per heavy atom. The average molecular weight is 398 g/mol. The van der Waals surface area contributed by atoms with E-state index in [1.165, 1.54) is 32.1 Å². The summed E-state index contributed by atoms with van der Waals surface area (Å²) in [6.07, 6.45) is 8.40. The fraction of sp³-hybridized carbons (Fsp3) is 0.591. The average Bonchev–Trinajstić information content (AvgIpc) is 3.01. The van der Waals surface area contributed by atoms with E-state index in [1.54, 1.807) is 9.80 Å². The maximum atomic E-state index is 12.8. The largest absolute Gasteiger partial charge is 0.369 e. The summed E-state index contributed by atoms with van der Waals surface area (Å²) in [6, 6.07) is 7.27. The molecule has 3 aliphatic rings. The van der Waals surface area contributed by atoms with Crippen molar-refractivity contribution in [3.8, 4) is 0 Å². The molecule has 7 heteroatoms. The molecule has 4 N–H and O–H groups in total. The first-order chi connectivity index (χ1) is 14.0. The molecule has 2 amide bonds. The second-order valence-corrected chi connectivity index (χ2v) is 8.65. The Labute approximate surface area is 172 Å². The van der Waals surface area contributed by atoms with E-state index in [4.69, 9.17) is 11.5 Å². The molecular weight excluding hydrogens is 366 g/mol. The van der Waals surface area contributed by atoms with Crippen LogP contribution in [0.2, 0.25) is 0 Å². The molecule has 2 atom stereocenters. The monoisotopic (exact) mass is 397 g/mol. The molecule has 7 nitrogen and oxygen atoms in total. The van der Waals surface area contributed by atoms with Gasteiger partial charge < -0.3 is 16.4 Å². The zero-order valence-corrected chi connectivity index (χ0v) is 16.9. The molecular formula is C22H31N5O2. The number of β-lactam (4-membered cyclic amide) rings is 1. The molecule has 1 aliphatic carbocycles. The van der Waals surface area contributed by atoms with E-state index in [1.807, 2.05) is 24.3 Å². The maximum Gasteiger partial charge on any atom is 0.254 e. The van der Waals surface area contributed by atoms with Crippen LogP contribution in [0.4, 0.5) is 0 Å². The summed E-state index contributed by atoms with van der Waals surface area (Å²) < 4.78 is 0. The van der Waals surface area contributed by atoms with Gasteiger partial charge in [-0.2, -0.15) is 0 Å². The summed E-state index contributed by atoms with van der Waals surface area (Å²) in [5.41, 5.74) is 13.7. The number of carbonyl (C=O) groups is 2. The van der Waals surface area contributed by atoms with Crippen LogP contribution in [-0.4, -0.2) is 46.2 Å². The molecule has 2 fully saturated rings. The normalized spacial score (nSPS) is 25.3. The lowest BCUT2D eigenvalue weighted by atomic mass is 9.85. The summed E-state index contributed by atoms with van der Waals surface area (Å²) in [5.74, 6) is 1.08. The lowest BCUT2D eigenvalue weighted by molar-refractivity contribution is -0.143. The summed E-state index contributed by atoms with van der Waals surface area (Å²) in [4.78, 5) is 32.2. The highest BCUT2D eigenvalue weighted by Gasteiger charge is 2.34. The molecule has 2 unspecified atom stereocenters. The van der Waals surface area contributed by atoms with Crippen LogP contribution in [0.5, 0.6) is 0 Å². The Bertz CT molecular complexity index is 785. The summed E-state index contributed by atoms with van der Waals surface area (Å²) in [7, 11) is 0. The molecule has 156 valence electrons. The zero-order chi connectivity index (χ0) is 20.4. The predicted octanol–water partition coefficient (Wildman–Crippen LogP) is 1.74. The van der Waals surface area contributed by atoms with Crippen molar-refractivity contribution in [2.24, 2.45) is 22.4 Å². The molecule has 29 heavy (non-hydrogen) atoms. The van der Waals surface area contributed by atoms with Crippen LogP contribution >= 0.6 is 0 Å². The predicted molar refractivity (Wildman–Crippen MR) is 112 cm³/mol. The van der Waals surface area contributed by atoms with Gasteiger partial charge >= 0.3 is 0 Å². The molecule has 4 rings (SSSR count). The van der Waals surface area contributed by atoms with E-state index in [2.05, 4.69) is 4.99 Å². The first-order valence-corrected chi connectivity index (χ1v) is 10.8. The van der Waals surface area contributed by atoms with Crippen molar-refractivity contribution in [3.05, 3.63) is 35.4 Å². The SMILES string of the molecule is NC1=NC(CCC2CCCCC2)C(=O)N1Cc1ccc(CN2CC(N)C2=O)cc1. The third kappa shape index (κ3) is 4.45. The number of benzene rings is 1. The van der Waals surface area contributed by atoms with E-state index in [0.717, 1.165) is 29.9 Å². The van der Waals surface area contributed by atoms with Crippen molar-refractivity contribution in [1.29, 1.82) is 0 Å². The van der Waals surface area contributed by atoms with Gasteiger partial charge in [0.1, 0.15) is 12.1 Å². The van der Waals surface area contributed by atoms with Crippen molar-refractivity contribution >= 4 is 17.8 Å². The Kier molecular flexibility index (Phi) is 5.85. The van der Waals surface area contributed by atoms with Gasteiger partial charge in [-0.15, -0.1) is 0 Å². The number of nitrogens with zero attached hydrogens (tertiary/aromatic N) is 3. The number of hydrogen-bond acceptors (Lipinski definition) is 5. The minimum Gasteiger partial charge on any atom is -0.369 e. The minimum atomic E-state index is -0.344. The molecule has 2 heterocycles. The Morgan fingerprint density at radius 3 is 2.21 bits per heavy atom. The van der Waals surface area contributed by atoms with Crippen LogP contribution in [0.25, 0.3) is 0 Å². The standard InChI is InChI=1S/C22H31N5O2/c23-18-14-26(20(18)28)12-16-6-8-17(9-7-16)13-27-21(29)19(25-22(27)24)11-10-15-4-2-1-3-5-15/h6-9,15,18-19H,1-5,10-14,23H2,(H2,24,25). The highest BCUT2D eigenvalue weighted by atomic mass is 16.2. The molecule has 0 radical (unpaired) electrons. The number of amides is 2. The third-order valence-corrected chi connectivity index (χ3v) is 6.47. The number of likely N-dealkylation sites (tertiary alicyclic amines) is 1. The van der Waals surface area contributed by atoms with E-state index in [-0.39, 0.29) is 23.9 Å². The molecule has 2 aliphatic heterocycles. The molecule has 0 bridgehead atoms. The highest BCUT2D eigenvalue weighted by Crippen LogP contribution is 2.29. The first kappa shape index (κ1) is 19.9. The lowest BCUT2D eigenvalue weighted by Gasteiger charge is -2.36. The molecule has 1 aromatic carbocycles. The van der Waals surface area contributed by atoms with Crippen molar-refractivity contribution in [2.45, 2.75) is 70.1 Å². The topological polar surface area (TPSA) is 105 Å². The van der Waals surface area contributed by atoms with Crippen LogP contribution in [0.15, 0.2) is 29.3 Å². The van der Waals surface area contributed by atoms with Gasteiger partial charge in [-0.05, 0) is 29.9 Å². The van der Waals surface area contributed by atoms with Crippen molar-refractivity contribution in [1.82, 2.24) is 9.80 Å². The van der Waals surface area contributed by atoms with Gasteiger partial charge in [0, 0.05) is 13.1 Å². The van der Waals surface area contributed by atoms with Crippen LogP contribution in [0.1, 0.15) is 56.1 Å². The summed E-state index contributed by atoms with van der Waals surface area (Å²) in [5, 5.41) is 0. The van der Waals surface area contributed by atoms with E-state index >= 15 is 0 Å². The third-order valence-electron chi connectivity index (χ3n) is 6.47. The van der Waals surface area contributed by atoms with Gasteiger partial charge in [0.15, 0.2) is 5.96 Å². The second kappa shape index (κ2) is 8.53. The quantitative estimate of drug-likeness (QED) is 0.684. The van der Waals surface area contributed by atoms with Crippen molar-refractivity contribution in [3.63, 3.8) is 0 Å². The van der Waals surface area contributed by atoms with Crippen molar-refractivity contribution in [2.75, 3.05) is 6.54 Å². The van der Waals surface area contributed by atoms with Crippen LogP contribution in [0, 0.1) is 5.92 Å². The number of nitrogens with two attached hydrogens (primary N) is 2. The Hall–Kier alpha value is -2.41. The Balaban J connectivity index is 1.29.